The van der Waals surface area contributed by atoms with E-state index in [4.69, 9.17) is 10.00 Å². The highest BCUT2D eigenvalue weighted by molar-refractivity contribution is 5.48. The quantitative estimate of drug-likeness (QED) is 0.452. The van der Waals surface area contributed by atoms with Crippen LogP contribution in [0.2, 0.25) is 0 Å². The van der Waals surface area contributed by atoms with E-state index in [1.165, 1.54) is 6.07 Å². The smallest absolute Gasteiger partial charge is 0.311 e. The average Bonchev–Trinajstić information content (AvgIpc) is 2.47. The van der Waals surface area contributed by atoms with E-state index in [-0.39, 0.29) is 5.69 Å². The lowest BCUT2D eigenvalue weighted by atomic mass is 9.97. The second-order valence-electron chi connectivity index (χ2n) is 5.23. The van der Waals surface area contributed by atoms with E-state index >= 15 is 0 Å². The minimum atomic E-state index is -0.532. The van der Waals surface area contributed by atoms with Crippen molar-refractivity contribution in [2.75, 3.05) is 13.7 Å². The normalized spacial score (nSPS) is 13.2. The van der Waals surface area contributed by atoms with Crippen LogP contribution in [0.4, 0.5) is 5.69 Å². The zero-order chi connectivity index (χ0) is 15.9. The number of hydrogen-bond donors (Lipinski definition) is 1. The van der Waals surface area contributed by atoms with Gasteiger partial charge in [0.05, 0.1) is 17.6 Å². The van der Waals surface area contributed by atoms with Gasteiger partial charge in [-0.2, -0.15) is 5.26 Å². The van der Waals surface area contributed by atoms with Crippen molar-refractivity contribution in [2.45, 2.75) is 38.6 Å². The number of nitriles is 1. The largest absolute Gasteiger partial charge is 0.487 e. The predicted octanol–water partition coefficient (Wildman–Crippen LogP) is 2.95. The summed E-state index contributed by atoms with van der Waals surface area (Å²) in [5, 5.41) is 23.0. The van der Waals surface area contributed by atoms with Gasteiger partial charge in [-0.15, -0.1) is 0 Å². The average molecular weight is 291 g/mol. The summed E-state index contributed by atoms with van der Waals surface area (Å²) in [5.74, 6) is 0.294. The first-order chi connectivity index (χ1) is 9.91. The molecule has 114 valence electrons. The molecule has 6 heteroatoms. The van der Waals surface area contributed by atoms with Crippen molar-refractivity contribution in [3.05, 3.63) is 33.9 Å². The number of unbranched alkanes of at least 4 members (excludes halogenated alkanes) is 1. The molecule has 0 aliphatic carbocycles. The SMILES string of the molecule is CNC(C)(C#N)CCCCOc1ccc(C)cc1[N+](=O)[O-]. The van der Waals surface area contributed by atoms with E-state index in [1.807, 2.05) is 6.92 Å². The number of rotatable bonds is 8. The van der Waals surface area contributed by atoms with Gasteiger partial charge < -0.3 is 10.1 Å². The molecule has 0 aliphatic rings. The van der Waals surface area contributed by atoms with Gasteiger partial charge >= 0.3 is 5.69 Å². The van der Waals surface area contributed by atoms with E-state index in [2.05, 4.69) is 11.4 Å². The van der Waals surface area contributed by atoms with Crippen molar-refractivity contribution in [3.8, 4) is 11.8 Å². The molecule has 1 atom stereocenters. The molecule has 1 aromatic carbocycles. The number of aryl methyl sites for hydroxylation is 1. The van der Waals surface area contributed by atoms with Crippen LogP contribution in [-0.2, 0) is 0 Å². The van der Waals surface area contributed by atoms with Crippen molar-refractivity contribution >= 4 is 5.69 Å². The van der Waals surface area contributed by atoms with Crippen molar-refractivity contribution in [3.63, 3.8) is 0 Å². The Morgan fingerprint density at radius 2 is 2.19 bits per heavy atom. The Bertz CT molecular complexity index is 539. The van der Waals surface area contributed by atoms with Crippen LogP contribution < -0.4 is 10.1 Å². The molecule has 0 saturated carbocycles. The maximum absolute atomic E-state index is 11.0. The van der Waals surface area contributed by atoms with E-state index < -0.39 is 10.5 Å². The number of benzene rings is 1. The van der Waals surface area contributed by atoms with Crippen LogP contribution in [0.5, 0.6) is 5.75 Å². The Balaban J connectivity index is 2.47. The van der Waals surface area contributed by atoms with Crippen molar-refractivity contribution in [2.24, 2.45) is 0 Å². The molecule has 1 unspecified atom stereocenters. The fraction of sp³-hybridized carbons (Fsp3) is 0.533. The van der Waals surface area contributed by atoms with Gasteiger partial charge in [0.2, 0.25) is 0 Å². The van der Waals surface area contributed by atoms with Gasteiger partial charge in [-0.25, -0.2) is 0 Å². The standard InChI is InChI=1S/C15H21N3O3/c1-12-6-7-14(13(10-12)18(19)20)21-9-5-4-8-15(2,11-16)17-3/h6-7,10,17H,4-5,8-9H2,1-3H3. The summed E-state index contributed by atoms with van der Waals surface area (Å²) in [4.78, 5) is 10.5. The third kappa shape index (κ3) is 5.04. The summed E-state index contributed by atoms with van der Waals surface area (Å²) in [5.41, 5.74) is 0.288. The summed E-state index contributed by atoms with van der Waals surface area (Å²) < 4.78 is 5.49. The van der Waals surface area contributed by atoms with Crippen LogP contribution in [0.3, 0.4) is 0 Å². The van der Waals surface area contributed by atoms with Gasteiger partial charge in [0, 0.05) is 6.07 Å². The van der Waals surface area contributed by atoms with Crippen molar-refractivity contribution < 1.29 is 9.66 Å². The van der Waals surface area contributed by atoms with Crippen LogP contribution in [0.25, 0.3) is 0 Å². The molecule has 0 bridgehead atoms. The Kier molecular flexibility index (Phi) is 6.12. The molecule has 0 aromatic heterocycles. The first kappa shape index (κ1) is 16.9. The molecule has 0 heterocycles. The van der Waals surface area contributed by atoms with Gasteiger partial charge in [-0.1, -0.05) is 6.07 Å². The van der Waals surface area contributed by atoms with Gasteiger partial charge in [0.25, 0.3) is 0 Å². The molecule has 6 nitrogen and oxygen atoms in total. The Morgan fingerprint density at radius 1 is 1.48 bits per heavy atom. The summed E-state index contributed by atoms with van der Waals surface area (Å²) >= 11 is 0. The monoisotopic (exact) mass is 291 g/mol. The summed E-state index contributed by atoms with van der Waals surface area (Å²) in [6.07, 6.45) is 2.26. The molecular formula is C15H21N3O3. The van der Waals surface area contributed by atoms with Crippen LogP contribution >= 0.6 is 0 Å². The molecule has 1 N–H and O–H groups in total. The summed E-state index contributed by atoms with van der Waals surface area (Å²) in [6.45, 7) is 4.05. The minimum Gasteiger partial charge on any atom is -0.487 e. The Morgan fingerprint density at radius 3 is 2.76 bits per heavy atom. The van der Waals surface area contributed by atoms with E-state index in [0.29, 0.717) is 18.8 Å². The van der Waals surface area contributed by atoms with Gasteiger partial charge in [-0.05, 0) is 51.8 Å². The zero-order valence-electron chi connectivity index (χ0n) is 12.7. The third-order valence-electron chi connectivity index (χ3n) is 3.44. The number of hydrogen-bond acceptors (Lipinski definition) is 5. The lowest BCUT2D eigenvalue weighted by Crippen LogP contribution is -2.37. The second-order valence-corrected chi connectivity index (χ2v) is 5.23. The first-order valence-electron chi connectivity index (χ1n) is 6.90. The number of nitro groups is 1. The molecule has 0 fully saturated rings. The number of nitrogens with zero attached hydrogens (tertiary/aromatic N) is 2. The van der Waals surface area contributed by atoms with Crippen molar-refractivity contribution in [1.29, 1.82) is 5.26 Å². The fourth-order valence-corrected chi connectivity index (χ4v) is 1.89. The predicted molar refractivity (Wildman–Crippen MR) is 80.3 cm³/mol. The number of nitrogens with one attached hydrogen (secondary N) is 1. The topological polar surface area (TPSA) is 88.2 Å². The lowest BCUT2D eigenvalue weighted by molar-refractivity contribution is -0.385. The molecule has 0 radical (unpaired) electrons. The molecule has 0 amide bonds. The maximum atomic E-state index is 11.0. The Hall–Kier alpha value is -2.13. The van der Waals surface area contributed by atoms with Gasteiger partial charge in [-0.3, -0.25) is 10.1 Å². The van der Waals surface area contributed by atoms with Crippen LogP contribution in [0.15, 0.2) is 18.2 Å². The fourth-order valence-electron chi connectivity index (χ4n) is 1.89. The van der Waals surface area contributed by atoms with Gasteiger partial charge in [0.1, 0.15) is 5.54 Å². The second kappa shape index (κ2) is 7.60. The zero-order valence-corrected chi connectivity index (χ0v) is 12.7. The lowest BCUT2D eigenvalue weighted by Gasteiger charge is -2.20. The molecule has 0 spiro atoms. The molecule has 1 rings (SSSR count). The molecule has 21 heavy (non-hydrogen) atoms. The first-order valence-corrected chi connectivity index (χ1v) is 6.90. The van der Waals surface area contributed by atoms with Crippen LogP contribution in [0.1, 0.15) is 31.7 Å². The highest BCUT2D eigenvalue weighted by Gasteiger charge is 2.20. The summed E-state index contributed by atoms with van der Waals surface area (Å²) in [6, 6.07) is 7.14. The molecule has 0 aliphatic heterocycles. The summed E-state index contributed by atoms with van der Waals surface area (Å²) in [7, 11) is 1.76. The molecule has 0 saturated heterocycles. The Labute approximate surface area is 124 Å². The molecule has 1 aromatic rings. The van der Waals surface area contributed by atoms with Gasteiger partial charge in [0.15, 0.2) is 5.75 Å². The van der Waals surface area contributed by atoms with Crippen LogP contribution in [0, 0.1) is 28.4 Å². The highest BCUT2D eigenvalue weighted by Crippen LogP contribution is 2.28. The van der Waals surface area contributed by atoms with Crippen molar-refractivity contribution in [1.82, 2.24) is 5.32 Å². The highest BCUT2D eigenvalue weighted by atomic mass is 16.6. The van der Waals surface area contributed by atoms with Crippen LogP contribution in [-0.4, -0.2) is 24.1 Å². The maximum Gasteiger partial charge on any atom is 0.311 e. The van der Waals surface area contributed by atoms with E-state index in [0.717, 1.165) is 18.4 Å². The van der Waals surface area contributed by atoms with E-state index in [1.54, 1.807) is 26.1 Å². The third-order valence-corrected chi connectivity index (χ3v) is 3.44. The minimum absolute atomic E-state index is 0.00733. The number of nitro benzene ring substituents is 1. The number of ether oxygens (including phenoxy) is 1. The molecular weight excluding hydrogens is 270 g/mol. The van der Waals surface area contributed by atoms with E-state index in [9.17, 15) is 10.1 Å².